The van der Waals surface area contributed by atoms with Crippen molar-refractivity contribution in [2.45, 2.75) is 18.0 Å². The second kappa shape index (κ2) is 9.88. The summed E-state index contributed by atoms with van der Waals surface area (Å²) in [7, 11) is 3.09. The van der Waals surface area contributed by atoms with Crippen molar-refractivity contribution >= 4 is 40.0 Å². The van der Waals surface area contributed by atoms with Crippen LogP contribution in [0.5, 0.6) is 0 Å². The van der Waals surface area contributed by atoms with Crippen molar-refractivity contribution < 1.29 is 8.42 Å². The first-order valence-electron chi connectivity index (χ1n) is 7.78. The highest BCUT2D eigenvalue weighted by atomic mass is 127. The second-order valence-corrected chi connectivity index (χ2v) is 7.74. The number of hydrogen-bond acceptors (Lipinski definition) is 4. The van der Waals surface area contributed by atoms with Crippen molar-refractivity contribution in [3.63, 3.8) is 0 Å². The summed E-state index contributed by atoms with van der Waals surface area (Å²) in [6, 6.07) is 8.85. The number of aryl methyl sites for hydroxylation is 1. The maximum atomic E-state index is 12.4. The molecule has 0 atom stereocenters. The molecule has 0 aliphatic rings. The lowest BCUT2D eigenvalue weighted by atomic mass is 10.2. The standard InChI is InChI=1S/C16H24N6O2S.HI/c1-17-16(19-12-14-9-10-20-22(14)4)18-11-13-7-5-6-8-15(13)25(23,24)21(2)3;/h5-10H,11-12H2,1-4H3,(H2,17,18,19);1H. The third-order valence-corrected chi connectivity index (χ3v) is 5.68. The second-order valence-electron chi connectivity index (χ2n) is 5.62. The van der Waals surface area contributed by atoms with E-state index in [0.29, 0.717) is 24.6 Å². The highest BCUT2D eigenvalue weighted by molar-refractivity contribution is 14.0. The summed E-state index contributed by atoms with van der Waals surface area (Å²) in [4.78, 5) is 4.45. The van der Waals surface area contributed by atoms with Gasteiger partial charge in [-0.05, 0) is 17.7 Å². The Morgan fingerprint density at radius 2 is 1.85 bits per heavy atom. The number of guanidine groups is 1. The van der Waals surface area contributed by atoms with Crippen LogP contribution < -0.4 is 10.6 Å². The fourth-order valence-corrected chi connectivity index (χ4v) is 3.36. The lowest BCUT2D eigenvalue weighted by Crippen LogP contribution is -2.37. The summed E-state index contributed by atoms with van der Waals surface area (Å²) in [5.41, 5.74) is 1.69. The number of nitrogens with zero attached hydrogens (tertiary/aromatic N) is 4. The number of halogens is 1. The van der Waals surface area contributed by atoms with Crippen molar-refractivity contribution in [3.8, 4) is 0 Å². The summed E-state index contributed by atoms with van der Waals surface area (Å²) in [6.07, 6.45) is 1.73. The van der Waals surface area contributed by atoms with Crippen molar-refractivity contribution in [1.82, 2.24) is 24.7 Å². The van der Waals surface area contributed by atoms with Crippen LogP contribution in [0.3, 0.4) is 0 Å². The zero-order valence-electron chi connectivity index (χ0n) is 15.3. The molecule has 2 N–H and O–H groups in total. The quantitative estimate of drug-likeness (QED) is 0.359. The number of nitrogens with one attached hydrogen (secondary N) is 2. The summed E-state index contributed by atoms with van der Waals surface area (Å²) in [6.45, 7) is 0.905. The maximum Gasteiger partial charge on any atom is 0.242 e. The van der Waals surface area contributed by atoms with Crippen molar-refractivity contribution in [3.05, 3.63) is 47.8 Å². The molecule has 0 unspecified atom stereocenters. The Bertz CT molecular complexity index is 848. The zero-order chi connectivity index (χ0) is 18.4. The molecule has 144 valence electrons. The third kappa shape index (κ3) is 5.42. The van der Waals surface area contributed by atoms with Gasteiger partial charge in [0.2, 0.25) is 10.0 Å². The van der Waals surface area contributed by atoms with E-state index in [1.54, 1.807) is 36.1 Å². The van der Waals surface area contributed by atoms with E-state index in [9.17, 15) is 8.42 Å². The molecule has 0 radical (unpaired) electrons. The Kier molecular flexibility index (Phi) is 8.50. The van der Waals surface area contributed by atoms with E-state index in [-0.39, 0.29) is 28.9 Å². The Morgan fingerprint density at radius 1 is 1.19 bits per heavy atom. The van der Waals surface area contributed by atoms with Crippen LogP contribution in [0.4, 0.5) is 0 Å². The molecule has 1 heterocycles. The number of benzene rings is 1. The van der Waals surface area contributed by atoms with E-state index in [0.717, 1.165) is 5.69 Å². The molecule has 8 nitrogen and oxygen atoms in total. The summed E-state index contributed by atoms with van der Waals surface area (Å²) in [5.74, 6) is 0.582. The average molecular weight is 492 g/mol. The van der Waals surface area contributed by atoms with Gasteiger partial charge in [0.15, 0.2) is 5.96 Å². The SMILES string of the molecule is CN=C(NCc1ccccc1S(=O)(=O)N(C)C)NCc1ccnn1C.I. The van der Waals surface area contributed by atoms with Crippen LogP contribution >= 0.6 is 24.0 Å². The molecule has 0 aliphatic carbocycles. The van der Waals surface area contributed by atoms with Gasteiger partial charge in [0.05, 0.1) is 17.1 Å². The first-order valence-corrected chi connectivity index (χ1v) is 9.22. The molecule has 0 amide bonds. The van der Waals surface area contributed by atoms with Gasteiger partial charge in [-0.3, -0.25) is 9.67 Å². The minimum atomic E-state index is -3.49. The molecular weight excluding hydrogens is 467 g/mol. The lowest BCUT2D eigenvalue weighted by Gasteiger charge is -2.17. The molecule has 0 saturated carbocycles. The van der Waals surface area contributed by atoms with Crippen LogP contribution in [0.25, 0.3) is 0 Å². The van der Waals surface area contributed by atoms with Gasteiger partial charge in [0.25, 0.3) is 0 Å². The minimum absolute atomic E-state index is 0. The molecule has 0 fully saturated rings. The molecule has 0 bridgehead atoms. The number of aromatic nitrogens is 2. The van der Waals surface area contributed by atoms with E-state index in [2.05, 4.69) is 20.7 Å². The maximum absolute atomic E-state index is 12.4. The van der Waals surface area contributed by atoms with Crippen LogP contribution in [0, 0.1) is 0 Å². The number of rotatable bonds is 6. The number of sulfonamides is 1. The number of hydrogen-bond donors (Lipinski definition) is 2. The molecule has 1 aromatic carbocycles. The highest BCUT2D eigenvalue weighted by Gasteiger charge is 2.20. The van der Waals surface area contributed by atoms with Gasteiger partial charge in [-0.25, -0.2) is 12.7 Å². The largest absolute Gasteiger partial charge is 0.352 e. The van der Waals surface area contributed by atoms with E-state index >= 15 is 0 Å². The van der Waals surface area contributed by atoms with Crippen molar-refractivity contribution in [1.29, 1.82) is 0 Å². The van der Waals surface area contributed by atoms with Gasteiger partial charge in [0, 0.05) is 40.9 Å². The first-order chi connectivity index (χ1) is 11.9. The Morgan fingerprint density at radius 3 is 2.42 bits per heavy atom. The first kappa shape index (κ1) is 22.4. The fourth-order valence-electron chi connectivity index (χ4n) is 2.25. The summed E-state index contributed by atoms with van der Waals surface area (Å²) in [5, 5.41) is 10.4. The van der Waals surface area contributed by atoms with Crippen molar-refractivity contribution in [2.24, 2.45) is 12.0 Å². The van der Waals surface area contributed by atoms with Gasteiger partial charge in [-0.2, -0.15) is 5.10 Å². The average Bonchev–Trinajstić information content (AvgIpc) is 3.00. The summed E-state index contributed by atoms with van der Waals surface area (Å²) < 4.78 is 27.8. The van der Waals surface area contributed by atoms with Crippen LogP contribution in [-0.2, 0) is 30.2 Å². The summed E-state index contributed by atoms with van der Waals surface area (Å²) >= 11 is 0. The van der Waals surface area contributed by atoms with Gasteiger partial charge in [0.1, 0.15) is 0 Å². The van der Waals surface area contributed by atoms with Crippen LogP contribution in [0.1, 0.15) is 11.3 Å². The molecule has 0 spiro atoms. The molecule has 10 heteroatoms. The molecular formula is C16H25IN6O2S. The molecule has 0 aliphatic heterocycles. The monoisotopic (exact) mass is 492 g/mol. The highest BCUT2D eigenvalue weighted by Crippen LogP contribution is 2.18. The van der Waals surface area contributed by atoms with E-state index in [1.165, 1.54) is 18.4 Å². The third-order valence-electron chi connectivity index (χ3n) is 3.76. The minimum Gasteiger partial charge on any atom is -0.352 e. The Hall–Kier alpha value is -1.66. The molecule has 0 saturated heterocycles. The lowest BCUT2D eigenvalue weighted by molar-refractivity contribution is 0.519. The molecule has 2 aromatic rings. The Balaban J connectivity index is 0.00000338. The number of aliphatic imine (C=N–C) groups is 1. The van der Waals surface area contributed by atoms with Crippen LogP contribution in [0.15, 0.2) is 46.4 Å². The van der Waals surface area contributed by atoms with Crippen LogP contribution in [0.2, 0.25) is 0 Å². The molecule has 1 aromatic heterocycles. The van der Waals surface area contributed by atoms with Gasteiger partial charge >= 0.3 is 0 Å². The van der Waals surface area contributed by atoms with Crippen molar-refractivity contribution in [2.75, 3.05) is 21.1 Å². The van der Waals surface area contributed by atoms with Gasteiger partial charge in [-0.1, -0.05) is 18.2 Å². The smallest absolute Gasteiger partial charge is 0.242 e. The van der Waals surface area contributed by atoms with Gasteiger partial charge < -0.3 is 10.6 Å². The van der Waals surface area contributed by atoms with E-state index in [1.807, 2.05) is 19.2 Å². The van der Waals surface area contributed by atoms with E-state index < -0.39 is 10.0 Å². The fraction of sp³-hybridized carbons (Fsp3) is 0.375. The predicted molar refractivity (Wildman–Crippen MR) is 113 cm³/mol. The molecule has 2 rings (SSSR count). The Labute approximate surface area is 171 Å². The zero-order valence-corrected chi connectivity index (χ0v) is 18.4. The van der Waals surface area contributed by atoms with Gasteiger partial charge in [-0.15, -0.1) is 24.0 Å². The van der Waals surface area contributed by atoms with Crippen LogP contribution in [-0.4, -0.2) is 49.6 Å². The predicted octanol–water partition coefficient (Wildman–Crippen LogP) is 1.15. The normalized spacial score (nSPS) is 12.0. The van der Waals surface area contributed by atoms with E-state index in [4.69, 9.17) is 0 Å². The molecule has 26 heavy (non-hydrogen) atoms. The topological polar surface area (TPSA) is 91.6 Å².